The fraction of sp³-hybridized carbons (Fsp3) is 0.400. The van der Waals surface area contributed by atoms with E-state index in [0.29, 0.717) is 12.1 Å². The third-order valence-electron chi connectivity index (χ3n) is 3.02. The van der Waals surface area contributed by atoms with Crippen LogP contribution in [0.2, 0.25) is 0 Å². The van der Waals surface area contributed by atoms with E-state index in [1.807, 2.05) is 6.07 Å². The fourth-order valence-electron chi connectivity index (χ4n) is 1.79. The minimum atomic E-state index is -0.0555. The summed E-state index contributed by atoms with van der Waals surface area (Å²) >= 11 is 0. The van der Waals surface area contributed by atoms with Gasteiger partial charge in [-0.3, -0.25) is 9.28 Å². The SMILES string of the molecule is C=C(C)C(=O)NCCC[N+](C)(C)c1ccccc1.[Cl-]. The van der Waals surface area contributed by atoms with E-state index in [9.17, 15) is 4.79 Å². The van der Waals surface area contributed by atoms with Crippen LogP contribution in [0.4, 0.5) is 5.69 Å². The molecule has 0 aliphatic heterocycles. The Morgan fingerprint density at radius 2 is 1.84 bits per heavy atom. The minimum Gasteiger partial charge on any atom is -1.00 e. The zero-order chi connectivity index (χ0) is 13.6. The number of nitrogens with zero attached hydrogens (tertiary/aromatic N) is 1. The van der Waals surface area contributed by atoms with Crippen molar-refractivity contribution in [2.45, 2.75) is 13.3 Å². The van der Waals surface area contributed by atoms with Crippen LogP contribution < -0.4 is 22.2 Å². The number of amides is 1. The summed E-state index contributed by atoms with van der Waals surface area (Å²) in [6, 6.07) is 10.4. The summed E-state index contributed by atoms with van der Waals surface area (Å²) in [7, 11) is 4.35. The van der Waals surface area contributed by atoms with Gasteiger partial charge in [0.1, 0.15) is 5.69 Å². The monoisotopic (exact) mass is 282 g/mol. The smallest absolute Gasteiger partial charge is 0.246 e. The van der Waals surface area contributed by atoms with Crippen molar-refractivity contribution in [3.8, 4) is 0 Å². The van der Waals surface area contributed by atoms with Crippen LogP contribution in [0.3, 0.4) is 0 Å². The van der Waals surface area contributed by atoms with Gasteiger partial charge in [0, 0.05) is 18.5 Å². The number of para-hydroxylation sites is 1. The van der Waals surface area contributed by atoms with Gasteiger partial charge in [0.05, 0.1) is 20.6 Å². The zero-order valence-corrected chi connectivity index (χ0v) is 12.7. The first-order valence-electron chi connectivity index (χ1n) is 6.26. The molecule has 1 N–H and O–H groups in total. The van der Waals surface area contributed by atoms with Gasteiger partial charge in [0.25, 0.3) is 0 Å². The van der Waals surface area contributed by atoms with E-state index < -0.39 is 0 Å². The van der Waals surface area contributed by atoms with Gasteiger partial charge in [-0.1, -0.05) is 24.8 Å². The summed E-state index contributed by atoms with van der Waals surface area (Å²) in [5, 5.41) is 2.86. The van der Waals surface area contributed by atoms with Crippen LogP contribution in [-0.4, -0.2) is 33.1 Å². The third kappa shape index (κ3) is 5.90. The van der Waals surface area contributed by atoms with Gasteiger partial charge in [-0.15, -0.1) is 0 Å². The maximum absolute atomic E-state index is 11.3. The van der Waals surface area contributed by atoms with Crippen LogP contribution in [0.15, 0.2) is 42.5 Å². The first-order valence-corrected chi connectivity index (χ1v) is 6.26. The van der Waals surface area contributed by atoms with E-state index in [2.05, 4.69) is 50.3 Å². The van der Waals surface area contributed by atoms with Crippen LogP contribution in [0.1, 0.15) is 13.3 Å². The van der Waals surface area contributed by atoms with Crippen LogP contribution >= 0.6 is 0 Å². The van der Waals surface area contributed by atoms with Gasteiger partial charge in [-0.05, 0) is 19.1 Å². The molecule has 1 aromatic carbocycles. The summed E-state index contributed by atoms with van der Waals surface area (Å²) < 4.78 is 0.823. The van der Waals surface area contributed by atoms with Crippen LogP contribution in [0.5, 0.6) is 0 Å². The summed E-state index contributed by atoms with van der Waals surface area (Å²) in [6.07, 6.45) is 0.945. The Balaban J connectivity index is 0.00000324. The topological polar surface area (TPSA) is 29.1 Å². The van der Waals surface area contributed by atoms with Gasteiger partial charge in [-0.25, -0.2) is 0 Å². The van der Waals surface area contributed by atoms with E-state index in [0.717, 1.165) is 17.4 Å². The Hall–Kier alpha value is -1.32. The normalized spacial score (nSPS) is 10.5. The molecule has 19 heavy (non-hydrogen) atoms. The molecule has 1 rings (SSSR count). The molecule has 3 nitrogen and oxygen atoms in total. The number of hydrogen-bond donors (Lipinski definition) is 1. The molecule has 0 fully saturated rings. The van der Waals surface area contributed by atoms with Crippen molar-refractivity contribution in [2.24, 2.45) is 0 Å². The number of rotatable bonds is 6. The van der Waals surface area contributed by atoms with Crippen molar-refractivity contribution in [1.82, 2.24) is 9.80 Å². The van der Waals surface area contributed by atoms with E-state index in [1.54, 1.807) is 6.92 Å². The summed E-state index contributed by atoms with van der Waals surface area (Å²) in [6.45, 7) is 7.02. The Kier molecular flexibility index (Phi) is 7.42. The molecule has 1 aromatic rings. The average Bonchev–Trinajstić information content (AvgIpc) is 2.35. The maximum atomic E-state index is 11.3. The third-order valence-corrected chi connectivity index (χ3v) is 3.02. The summed E-state index contributed by atoms with van der Waals surface area (Å²) in [4.78, 5) is 11.3. The first-order chi connectivity index (χ1) is 8.43. The van der Waals surface area contributed by atoms with Crippen molar-refractivity contribution in [3.05, 3.63) is 42.5 Å². The molecule has 0 unspecified atom stereocenters. The molecule has 1 amide bonds. The largest absolute Gasteiger partial charge is 1.00 e. The predicted molar refractivity (Wildman–Crippen MR) is 77.4 cm³/mol. The quantitative estimate of drug-likeness (QED) is 0.419. The molecule has 0 atom stereocenters. The molecule has 0 bridgehead atoms. The van der Waals surface area contributed by atoms with Crippen molar-refractivity contribution in [1.29, 1.82) is 0 Å². The van der Waals surface area contributed by atoms with Crippen LogP contribution in [0, 0.1) is 0 Å². The van der Waals surface area contributed by atoms with Gasteiger partial charge < -0.3 is 17.7 Å². The Morgan fingerprint density at radius 3 is 2.37 bits per heavy atom. The highest BCUT2D eigenvalue weighted by Crippen LogP contribution is 2.17. The van der Waals surface area contributed by atoms with Gasteiger partial charge >= 0.3 is 0 Å². The minimum absolute atomic E-state index is 0. The van der Waals surface area contributed by atoms with Gasteiger partial charge in [-0.2, -0.15) is 0 Å². The lowest BCUT2D eigenvalue weighted by atomic mass is 10.2. The molecule has 0 saturated heterocycles. The Morgan fingerprint density at radius 1 is 1.26 bits per heavy atom. The number of nitrogens with one attached hydrogen (secondary N) is 1. The lowest BCUT2D eigenvalue weighted by Gasteiger charge is -2.29. The van der Waals surface area contributed by atoms with E-state index >= 15 is 0 Å². The number of carbonyl (C=O) groups excluding carboxylic acids is 1. The Labute approximate surface area is 122 Å². The van der Waals surface area contributed by atoms with Gasteiger partial charge in [0.2, 0.25) is 5.91 Å². The van der Waals surface area contributed by atoms with Crippen molar-refractivity contribution in [3.63, 3.8) is 0 Å². The number of carbonyl (C=O) groups is 1. The van der Waals surface area contributed by atoms with E-state index in [-0.39, 0.29) is 18.3 Å². The lowest BCUT2D eigenvalue weighted by Crippen LogP contribution is -3.00. The molecule has 0 saturated carbocycles. The molecule has 0 heterocycles. The first kappa shape index (κ1) is 17.7. The summed E-state index contributed by atoms with van der Waals surface area (Å²) in [5.41, 5.74) is 1.84. The number of halogens is 1. The highest BCUT2D eigenvalue weighted by Gasteiger charge is 2.17. The molecular formula is C15H23ClN2O. The molecule has 0 radical (unpaired) electrons. The van der Waals surface area contributed by atoms with E-state index in [4.69, 9.17) is 0 Å². The number of benzene rings is 1. The second-order valence-corrected chi connectivity index (χ2v) is 5.13. The molecule has 0 aliphatic carbocycles. The van der Waals surface area contributed by atoms with Crippen LogP contribution in [-0.2, 0) is 4.79 Å². The molecule has 4 heteroatoms. The van der Waals surface area contributed by atoms with Crippen molar-refractivity contribution < 1.29 is 17.2 Å². The molecule has 0 aliphatic rings. The van der Waals surface area contributed by atoms with Gasteiger partial charge in [0.15, 0.2) is 0 Å². The number of hydrogen-bond acceptors (Lipinski definition) is 1. The van der Waals surface area contributed by atoms with E-state index in [1.165, 1.54) is 5.69 Å². The summed E-state index contributed by atoms with van der Waals surface area (Å²) in [5.74, 6) is -0.0555. The molecule has 0 spiro atoms. The standard InChI is InChI=1S/C15H22N2O.ClH/c1-13(2)15(18)16-11-8-12-17(3,4)14-9-6-5-7-10-14;/h5-7,9-10H,1,8,11-12H2,2-4H3;1H. The maximum Gasteiger partial charge on any atom is 0.246 e. The fourth-order valence-corrected chi connectivity index (χ4v) is 1.79. The molecule has 106 valence electrons. The zero-order valence-electron chi connectivity index (χ0n) is 11.9. The molecule has 0 aromatic heterocycles. The van der Waals surface area contributed by atoms with Crippen LogP contribution in [0.25, 0.3) is 0 Å². The number of quaternary nitrogens is 1. The predicted octanol–water partition coefficient (Wildman–Crippen LogP) is -0.660. The second kappa shape index (κ2) is 7.97. The highest BCUT2D eigenvalue weighted by molar-refractivity contribution is 5.91. The second-order valence-electron chi connectivity index (χ2n) is 5.13. The van der Waals surface area contributed by atoms with Crippen molar-refractivity contribution in [2.75, 3.05) is 27.2 Å². The highest BCUT2D eigenvalue weighted by atomic mass is 35.5. The Bertz CT molecular complexity index is 415. The molecular weight excluding hydrogens is 260 g/mol. The lowest BCUT2D eigenvalue weighted by molar-refractivity contribution is -0.117. The van der Waals surface area contributed by atoms with Crippen molar-refractivity contribution >= 4 is 11.6 Å². The average molecular weight is 283 g/mol.